The van der Waals surface area contributed by atoms with E-state index in [1.165, 1.54) is 43.5 Å². The molecule has 2 aromatic rings. The fourth-order valence-corrected chi connectivity index (χ4v) is 3.81. The number of fused-ring (bicyclic) bond motifs is 1. The highest BCUT2D eigenvalue weighted by Crippen LogP contribution is 2.32. The van der Waals surface area contributed by atoms with Crippen LogP contribution in [0.2, 0.25) is 0 Å². The van der Waals surface area contributed by atoms with Gasteiger partial charge < -0.3 is 10.1 Å². The smallest absolute Gasteiger partial charge is 0.367 e. The Labute approximate surface area is 215 Å². The number of nitrogens with zero attached hydrogens (tertiary/aromatic N) is 3. The number of hydrogen-bond acceptors (Lipinski definition) is 6. The van der Waals surface area contributed by atoms with Crippen molar-refractivity contribution in [2.75, 3.05) is 11.9 Å². The van der Waals surface area contributed by atoms with Crippen LogP contribution in [0.3, 0.4) is 0 Å². The second-order valence-corrected chi connectivity index (χ2v) is 8.50. The van der Waals surface area contributed by atoms with Crippen molar-refractivity contribution in [3.63, 3.8) is 0 Å². The Bertz CT molecular complexity index is 1420. The first kappa shape index (κ1) is 27.1. The number of aliphatic imine (C=N–C) groups is 1. The predicted octanol–water partition coefficient (Wildman–Crippen LogP) is 6.38. The van der Waals surface area contributed by atoms with Gasteiger partial charge in [0.1, 0.15) is 12.3 Å². The summed E-state index contributed by atoms with van der Waals surface area (Å²) in [6, 6.07) is 4.65. The molecule has 0 radical (unpaired) electrons. The molecule has 0 aromatic carbocycles. The zero-order valence-corrected chi connectivity index (χ0v) is 20.2. The number of ketones is 1. The van der Waals surface area contributed by atoms with E-state index in [4.69, 9.17) is 4.74 Å². The number of rotatable bonds is 8. The van der Waals surface area contributed by atoms with E-state index in [1.807, 2.05) is 0 Å². The maximum absolute atomic E-state index is 13.7. The zero-order chi connectivity index (χ0) is 27.3. The molecule has 1 aliphatic carbocycles. The van der Waals surface area contributed by atoms with Crippen molar-refractivity contribution < 1.29 is 31.5 Å². The standard InChI is InChI=1S/C27H23F5N4O2/c1-16(37)14-38-15-19-13-23(34-18-6-4-5-17(8-9-18)25(28)29)20-10-11-22(36-26(20)35-19)24-21(27(30,31)32)7-2-3-12-33-24/h3,5-13,25H,2,4,14-15H2,1H3,(H,34,35,36). The lowest BCUT2D eigenvalue weighted by atomic mass is 10.0. The SMILES string of the molecule is CC(=O)COCc1cc(NC2=CCC=C(C(F)F)C=C2)c2ccc(C3=NC=CCC=C3C(F)(F)F)nc2n1. The van der Waals surface area contributed by atoms with Crippen LogP contribution in [0.5, 0.6) is 0 Å². The number of halogens is 5. The zero-order valence-electron chi connectivity index (χ0n) is 20.2. The van der Waals surface area contributed by atoms with Gasteiger partial charge in [0, 0.05) is 22.9 Å². The van der Waals surface area contributed by atoms with Crippen molar-refractivity contribution in [2.24, 2.45) is 4.99 Å². The minimum atomic E-state index is -4.63. The number of ether oxygens (including phenoxy) is 1. The molecule has 1 aliphatic heterocycles. The number of hydrogen-bond donors (Lipinski definition) is 1. The molecule has 6 nitrogen and oxygen atoms in total. The molecule has 1 N–H and O–H groups in total. The van der Waals surface area contributed by atoms with Crippen LogP contribution < -0.4 is 5.32 Å². The lowest BCUT2D eigenvalue weighted by Gasteiger charge is -2.15. The van der Waals surface area contributed by atoms with Gasteiger partial charge in [-0.15, -0.1) is 0 Å². The van der Waals surface area contributed by atoms with Crippen LogP contribution in [-0.2, 0) is 16.1 Å². The molecule has 0 unspecified atom stereocenters. The Morgan fingerprint density at radius 3 is 2.66 bits per heavy atom. The van der Waals surface area contributed by atoms with Crippen molar-refractivity contribution in [1.82, 2.24) is 9.97 Å². The fourth-order valence-electron chi connectivity index (χ4n) is 3.81. The maximum Gasteiger partial charge on any atom is 0.418 e. The molecule has 0 saturated carbocycles. The van der Waals surface area contributed by atoms with Gasteiger partial charge in [0.15, 0.2) is 11.4 Å². The number of nitrogens with one attached hydrogen (secondary N) is 1. The highest BCUT2D eigenvalue weighted by molar-refractivity contribution is 6.13. The van der Waals surface area contributed by atoms with E-state index < -0.39 is 18.2 Å². The van der Waals surface area contributed by atoms with Crippen molar-refractivity contribution >= 4 is 28.2 Å². The summed E-state index contributed by atoms with van der Waals surface area (Å²) >= 11 is 0. The molecule has 0 amide bonds. The summed E-state index contributed by atoms with van der Waals surface area (Å²) in [6.07, 6.45) is 2.93. The second kappa shape index (κ2) is 11.6. The fraction of sp³-hybridized carbons (Fsp3) is 0.259. The first-order valence-electron chi connectivity index (χ1n) is 11.6. The Hall–Kier alpha value is -3.99. The summed E-state index contributed by atoms with van der Waals surface area (Å²) in [7, 11) is 0. The van der Waals surface area contributed by atoms with Crippen molar-refractivity contribution in [2.45, 2.75) is 39.0 Å². The third-order valence-corrected chi connectivity index (χ3v) is 5.53. The number of carbonyl (C=O) groups excluding carboxylic acids is 1. The van der Waals surface area contributed by atoms with Gasteiger partial charge in [0.25, 0.3) is 6.43 Å². The molecule has 0 spiro atoms. The molecule has 11 heteroatoms. The van der Waals surface area contributed by atoms with Gasteiger partial charge in [-0.25, -0.2) is 18.7 Å². The Morgan fingerprint density at radius 2 is 1.92 bits per heavy atom. The molecule has 0 fully saturated rings. The number of Topliss-reactive ketones (excluding diaryl/α,β-unsaturated/α-hetero) is 1. The van der Waals surface area contributed by atoms with E-state index in [0.29, 0.717) is 22.5 Å². The molecule has 0 atom stereocenters. The Kier molecular flexibility index (Phi) is 8.26. The topological polar surface area (TPSA) is 76.5 Å². The number of allylic oxidation sites excluding steroid dienone is 8. The molecular formula is C27H23F5N4O2. The lowest BCUT2D eigenvalue weighted by molar-refractivity contribution is -0.121. The number of anilines is 1. The molecule has 0 bridgehead atoms. The summed E-state index contributed by atoms with van der Waals surface area (Å²) in [4.78, 5) is 24.1. The van der Waals surface area contributed by atoms with E-state index in [2.05, 4.69) is 20.3 Å². The first-order valence-corrected chi connectivity index (χ1v) is 11.6. The summed E-state index contributed by atoms with van der Waals surface area (Å²) in [6.45, 7) is 1.17. The number of alkyl halides is 5. The normalized spacial score (nSPS) is 16.0. The summed E-state index contributed by atoms with van der Waals surface area (Å²) < 4.78 is 72.8. The van der Waals surface area contributed by atoms with Crippen LogP contribution in [0.1, 0.15) is 31.2 Å². The van der Waals surface area contributed by atoms with Gasteiger partial charge >= 0.3 is 6.18 Å². The molecule has 0 saturated heterocycles. The van der Waals surface area contributed by atoms with Gasteiger partial charge in [-0.2, -0.15) is 13.2 Å². The molecule has 4 rings (SSSR count). The quantitative estimate of drug-likeness (QED) is 0.401. The molecular weight excluding hydrogens is 507 g/mol. The highest BCUT2D eigenvalue weighted by atomic mass is 19.4. The van der Waals surface area contributed by atoms with E-state index in [-0.39, 0.29) is 54.5 Å². The average Bonchev–Trinajstić information content (AvgIpc) is 3.24. The van der Waals surface area contributed by atoms with E-state index in [9.17, 15) is 26.7 Å². The highest BCUT2D eigenvalue weighted by Gasteiger charge is 2.38. The summed E-state index contributed by atoms with van der Waals surface area (Å²) in [5.41, 5.74) is 0.153. The number of aromatic nitrogens is 2. The third kappa shape index (κ3) is 6.65. The number of carbonyl (C=O) groups is 1. The molecule has 2 aliphatic rings. The van der Waals surface area contributed by atoms with E-state index in [1.54, 1.807) is 18.2 Å². The molecule has 2 aromatic heterocycles. The van der Waals surface area contributed by atoms with Gasteiger partial charge in [0.2, 0.25) is 0 Å². The van der Waals surface area contributed by atoms with Gasteiger partial charge in [-0.3, -0.25) is 9.79 Å². The van der Waals surface area contributed by atoms with E-state index >= 15 is 0 Å². The van der Waals surface area contributed by atoms with Gasteiger partial charge in [-0.1, -0.05) is 30.4 Å². The Balaban J connectivity index is 1.75. The number of pyridine rings is 2. The van der Waals surface area contributed by atoms with Crippen LogP contribution in [0.15, 0.2) is 82.7 Å². The van der Waals surface area contributed by atoms with Crippen molar-refractivity contribution in [1.29, 1.82) is 0 Å². The summed E-state index contributed by atoms with van der Waals surface area (Å²) in [5.74, 6) is -0.188. The van der Waals surface area contributed by atoms with Crippen molar-refractivity contribution in [3.8, 4) is 0 Å². The van der Waals surface area contributed by atoms with Gasteiger partial charge in [-0.05, 0) is 44.0 Å². The Morgan fingerprint density at radius 1 is 1.11 bits per heavy atom. The van der Waals surface area contributed by atoms with Crippen LogP contribution in [0, 0.1) is 0 Å². The van der Waals surface area contributed by atoms with Crippen LogP contribution >= 0.6 is 0 Å². The van der Waals surface area contributed by atoms with Crippen LogP contribution in [0.25, 0.3) is 11.0 Å². The van der Waals surface area contributed by atoms with Gasteiger partial charge in [0.05, 0.1) is 29.3 Å². The minimum Gasteiger partial charge on any atom is -0.367 e. The first-order chi connectivity index (χ1) is 18.1. The van der Waals surface area contributed by atoms with Crippen LogP contribution in [-0.4, -0.2) is 40.7 Å². The van der Waals surface area contributed by atoms with Crippen molar-refractivity contribution in [3.05, 3.63) is 89.1 Å². The third-order valence-electron chi connectivity index (χ3n) is 5.53. The second-order valence-electron chi connectivity index (χ2n) is 8.50. The molecule has 198 valence electrons. The average molecular weight is 530 g/mol. The minimum absolute atomic E-state index is 0.0211. The molecule has 38 heavy (non-hydrogen) atoms. The maximum atomic E-state index is 13.7. The monoisotopic (exact) mass is 530 g/mol. The van der Waals surface area contributed by atoms with Crippen LogP contribution in [0.4, 0.5) is 27.6 Å². The lowest BCUT2D eigenvalue weighted by Crippen LogP contribution is -2.21. The molecule has 3 heterocycles. The van der Waals surface area contributed by atoms with E-state index in [0.717, 1.165) is 6.08 Å². The predicted molar refractivity (Wildman–Crippen MR) is 134 cm³/mol. The largest absolute Gasteiger partial charge is 0.418 e. The summed E-state index contributed by atoms with van der Waals surface area (Å²) in [5, 5.41) is 3.64.